The highest BCUT2D eigenvalue weighted by Gasteiger charge is 2.20. The number of pyridine rings is 1. The molecule has 0 bridgehead atoms. The fraction of sp³-hybridized carbons (Fsp3) is 0.400. The number of rotatable bonds is 0. The molecule has 1 heterocycles. The van der Waals surface area contributed by atoms with Gasteiger partial charge in [0.05, 0.1) is 5.69 Å². The summed E-state index contributed by atoms with van der Waals surface area (Å²) in [6, 6.07) is 4.55. The summed E-state index contributed by atoms with van der Waals surface area (Å²) in [4.78, 5) is 3.93. The first-order chi connectivity index (χ1) is 5.95. The van der Waals surface area contributed by atoms with Crippen molar-refractivity contribution in [2.45, 2.75) is 26.2 Å². The molecule has 0 amide bonds. The molecular weight excluding hydrogens is 167 g/mol. The maximum atomic E-state index is 13.2. The third kappa shape index (κ3) is 2.03. The summed E-state index contributed by atoms with van der Waals surface area (Å²) in [6.07, 6.45) is 0. The zero-order valence-corrected chi connectivity index (χ0v) is 7.93. The van der Waals surface area contributed by atoms with Crippen LogP contribution in [0.3, 0.4) is 0 Å². The van der Waals surface area contributed by atoms with Crippen molar-refractivity contribution in [3.63, 3.8) is 0 Å². The van der Waals surface area contributed by atoms with E-state index in [9.17, 15) is 4.39 Å². The lowest BCUT2D eigenvalue weighted by Crippen LogP contribution is -2.16. The summed E-state index contributed by atoms with van der Waals surface area (Å²) in [5.41, 5.74) is 0.231. The molecule has 0 N–H and O–H groups in total. The molecule has 0 saturated heterocycles. The normalized spacial score (nSPS) is 11.0. The average molecular weight is 178 g/mol. The number of halogens is 1. The number of hydrogen-bond donors (Lipinski definition) is 0. The second kappa shape index (κ2) is 3.14. The Kier molecular flexibility index (Phi) is 2.33. The predicted octanol–water partition coefficient (Wildman–Crippen LogP) is 2.39. The van der Waals surface area contributed by atoms with Crippen LogP contribution in [-0.2, 0) is 5.41 Å². The first-order valence-electron chi connectivity index (χ1n) is 4.02. The van der Waals surface area contributed by atoms with Gasteiger partial charge < -0.3 is 0 Å². The van der Waals surface area contributed by atoms with E-state index in [0.29, 0.717) is 5.69 Å². The molecule has 0 radical (unpaired) electrons. The van der Waals surface area contributed by atoms with E-state index in [1.165, 1.54) is 12.1 Å². The molecule has 3 heteroatoms. The van der Waals surface area contributed by atoms with Gasteiger partial charge in [-0.25, -0.2) is 9.37 Å². The van der Waals surface area contributed by atoms with Crippen molar-refractivity contribution in [1.82, 2.24) is 4.98 Å². The van der Waals surface area contributed by atoms with Crippen LogP contribution in [0.2, 0.25) is 0 Å². The highest BCUT2D eigenvalue weighted by atomic mass is 19.1. The van der Waals surface area contributed by atoms with E-state index < -0.39 is 0 Å². The van der Waals surface area contributed by atoms with Crippen LogP contribution in [0.15, 0.2) is 12.1 Å². The van der Waals surface area contributed by atoms with E-state index in [1.54, 1.807) is 0 Å². The largest absolute Gasteiger partial charge is 0.239 e. The van der Waals surface area contributed by atoms with Gasteiger partial charge in [-0.1, -0.05) is 20.8 Å². The monoisotopic (exact) mass is 178 g/mol. The van der Waals surface area contributed by atoms with Crippen molar-refractivity contribution in [3.8, 4) is 6.07 Å². The summed E-state index contributed by atoms with van der Waals surface area (Å²) < 4.78 is 13.2. The van der Waals surface area contributed by atoms with Crippen molar-refractivity contribution in [2.75, 3.05) is 0 Å². The second-order valence-corrected chi connectivity index (χ2v) is 3.89. The SMILES string of the molecule is CC(C)(C)c1nc(C#N)ccc1F. The maximum Gasteiger partial charge on any atom is 0.145 e. The summed E-state index contributed by atoms with van der Waals surface area (Å²) in [7, 11) is 0. The molecular formula is C10H11FN2. The Morgan fingerprint density at radius 3 is 2.46 bits per heavy atom. The third-order valence-corrected chi connectivity index (χ3v) is 1.67. The molecule has 0 spiro atoms. The van der Waals surface area contributed by atoms with E-state index in [2.05, 4.69) is 4.98 Å². The zero-order chi connectivity index (χ0) is 10.1. The predicted molar refractivity (Wildman–Crippen MR) is 47.6 cm³/mol. The van der Waals surface area contributed by atoms with Gasteiger partial charge >= 0.3 is 0 Å². The number of aromatic nitrogens is 1. The molecule has 0 saturated carbocycles. The molecule has 0 aliphatic rings. The maximum absolute atomic E-state index is 13.2. The van der Waals surface area contributed by atoms with E-state index in [1.807, 2.05) is 26.8 Å². The van der Waals surface area contributed by atoms with Crippen LogP contribution in [-0.4, -0.2) is 4.98 Å². The Bertz CT molecular complexity index is 358. The van der Waals surface area contributed by atoms with Gasteiger partial charge in [0.15, 0.2) is 0 Å². The van der Waals surface area contributed by atoms with Gasteiger partial charge in [0.2, 0.25) is 0 Å². The number of nitrogens with zero attached hydrogens (tertiary/aromatic N) is 2. The van der Waals surface area contributed by atoms with Gasteiger partial charge in [-0.2, -0.15) is 5.26 Å². The number of hydrogen-bond acceptors (Lipinski definition) is 2. The molecule has 2 nitrogen and oxygen atoms in total. The molecule has 0 unspecified atom stereocenters. The lowest BCUT2D eigenvalue weighted by Gasteiger charge is -2.17. The van der Waals surface area contributed by atoms with Crippen LogP contribution >= 0.6 is 0 Å². The fourth-order valence-corrected chi connectivity index (χ4v) is 1.03. The highest BCUT2D eigenvalue weighted by molar-refractivity contribution is 5.26. The Morgan fingerprint density at radius 2 is 2.00 bits per heavy atom. The summed E-state index contributed by atoms with van der Waals surface area (Å²) in [6.45, 7) is 5.58. The Labute approximate surface area is 77.0 Å². The lowest BCUT2D eigenvalue weighted by atomic mass is 9.91. The minimum atomic E-state index is -0.364. The first kappa shape index (κ1) is 9.66. The van der Waals surface area contributed by atoms with Gasteiger partial charge in [0, 0.05) is 5.41 Å². The van der Waals surface area contributed by atoms with Gasteiger partial charge in [-0.05, 0) is 12.1 Å². The second-order valence-electron chi connectivity index (χ2n) is 3.89. The molecule has 0 aromatic carbocycles. The summed E-state index contributed by atoms with van der Waals surface area (Å²) in [5.74, 6) is -0.355. The molecule has 0 aliphatic heterocycles. The lowest BCUT2D eigenvalue weighted by molar-refractivity contribution is 0.502. The standard InChI is InChI=1S/C10H11FN2/c1-10(2,3)9-8(11)5-4-7(6-12)13-9/h4-5H,1-3H3. The topological polar surface area (TPSA) is 36.7 Å². The van der Waals surface area contributed by atoms with Gasteiger partial charge in [0.1, 0.15) is 17.6 Å². The molecule has 0 fully saturated rings. The Hall–Kier alpha value is -1.43. The van der Waals surface area contributed by atoms with Crippen LogP contribution in [0.4, 0.5) is 4.39 Å². The van der Waals surface area contributed by atoms with Crippen LogP contribution in [0.5, 0.6) is 0 Å². The smallest absolute Gasteiger partial charge is 0.145 e. The fourth-order valence-electron chi connectivity index (χ4n) is 1.03. The summed E-state index contributed by atoms with van der Waals surface area (Å²) >= 11 is 0. The minimum Gasteiger partial charge on any atom is -0.239 e. The van der Waals surface area contributed by atoms with E-state index >= 15 is 0 Å². The highest BCUT2D eigenvalue weighted by Crippen LogP contribution is 2.22. The van der Waals surface area contributed by atoms with Crippen LogP contribution < -0.4 is 0 Å². The van der Waals surface area contributed by atoms with Crippen LogP contribution in [0, 0.1) is 17.1 Å². The first-order valence-corrected chi connectivity index (χ1v) is 4.02. The van der Waals surface area contributed by atoms with E-state index in [4.69, 9.17) is 5.26 Å². The molecule has 1 rings (SSSR count). The third-order valence-electron chi connectivity index (χ3n) is 1.67. The average Bonchev–Trinajstić information content (AvgIpc) is 2.03. The quantitative estimate of drug-likeness (QED) is 0.611. The van der Waals surface area contributed by atoms with Crippen LogP contribution in [0.1, 0.15) is 32.2 Å². The van der Waals surface area contributed by atoms with E-state index in [-0.39, 0.29) is 16.9 Å². The zero-order valence-electron chi connectivity index (χ0n) is 7.93. The minimum absolute atomic E-state index is 0.256. The molecule has 1 aromatic heterocycles. The van der Waals surface area contributed by atoms with Gasteiger partial charge in [0.25, 0.3) is 0 Å². The van der Waals surface area contributed by atoms with Crippen LogP contribution in [0.25, 0.3) is 0 Å². The number of nitriles is 1. The molecule has 68 valence electrons. The van der Waals surface area contributed by atoms with Gasteiger partial charge in [-0.3, -0.25) is 0 Å². The molecule has 1 aromatic rings. The molecule has 0 aliphatic carbocycles. The molecule has 0 atom stereocenters. The van der Waals surface area contributed by atoms with Crippen molar-refractivity contribution in [3.05, 3.63) is 29.3 Å². The summed E-state index contributed by atoms with van der Waals surface area (Å²) in [5, 5.41) is 8.58. The van der Waals surface area contributed by atoms with Gasteiger partial charge in [-0.15, -0.1) is 0 Å². The molecule has 13 heavy (non-hydrogen) atoms. The van der Waals surface area contributed by atoms with Crippen molar-refractivity contribution >= 4 is 0 Å². The van der Waals surface area contributed by atoms with Crippen molar-refractivity contribution in [1.29, 1.82) is 5.26 Å². The van der Waals surface area contributed by atoms with Crippen molar-refractivity contribution < 1.29 is 4.39 Å². The Balaban J connectivity index is 3.29. The van der Waals surface area contributed by atoms with Crippen molar-refractivity contribution in [2.24, 2.45) is 0 Å². The Morgan fingerprint density at radius 1 is 1.38 bits per heavy atom. The van der Waals surface area contributed by atoms with E-state index in [0.717, 1.165) is 0 Å².